The number of hydrogen-bond acceptors (Lipinski definition) is 5. The Kier molecular flexibility index (Phi) is 3.76. The van der Waals surface area contributed by atoms with E-state index in [1.54, 1.807) is 12.1 Å². The van der Waals surface area contributed by atoms with E-state index in [2.05, 4.69) is 69.4 Å². The summed E-state index contributed by atoms with van der Waals surface area (Å²) in [6.45, 7) is 2.56. The van der Waals surface area contributed by atoms with Crippen LogP contribution in [0.25, 0.3) is 0 Å². The smallest absolute Gasteiger partial charge is 0.179 e. The molecule has 1 atom stereocenters. The SMILES string of the molecule is N#CN1CCC(N2SN(Cc3ccccc3)c3ccccc32)C1. The number of anilines is 2. The molecule has 0 spiro atoms. The Hall–Kier alpha value is -2.32. The van der Waals surface area contributed by atoms with Crippen LogP contribution in [0, 0.1) is 11.5 Å². The topological polar surface area (TPSA) is 33.5 Å². The molecule has 4 rings (SSSR count). The third-order valence-corrected chi connectivity index (χ3v) is 5.57. The van der Waals surface area contributed by atoms with Crippen LogP contribution in [0.1, 0.15) is 12.0 Å². The zero-order valence-electron chi connectivity index (χ0n) is 12.8. The lowest BCUT2D eigenvalue weighted by Gasteiger charge is -2.25. The van der Waals surface area contributed by atoms with Crippen LogP contribution in [-0.2, 0) is 6.54 Å². The first kappa shape index (κ1) is 14.3. The fourth-order valence-corrected chi connectivity index (χ4v) is 4.42. The second kappa shape index (κ2) is 6.05. The summed E-state index contributed by atoms with van der Waals surface area (Å²) in [5, 5.41) is 9.11. The second-order valence-electron chi connectivity index (χ2n) is 5.91. The summed E-state index contributed by atoms with van der Waals surface area (Å²) in [7, 11) is 0. The van der Waals surface area contributed by atoms with Gasteiger partial charge in [-0.15, -0.1) is 0 Å². The zero-order valence-corrected chi connectivity index (χ0v) is 13.6. The van der Waals surface area contributed by atoms with Crippen molar-refractivity contribution in [3.63, 3.8) is 0 Å². The molecule has 2 aliphatic heterocycles. The molecule has 0 aliphatic carbocycles. The fraction of sp³-hybridized carbons (Fsp3) is 0.278. The summed E-state index contributed by atoms with van der Waals surface area (Å²) in [6.07, 6.45) is 3.31. The molecule has 2 heterocycles. The molecule has 5 heteroatoms. The molecule has 0 saturated carbocycles. The van der Waals surface area contributed by atoms with E-state index in [0.29, 0.717) is 6.04 Å². The maximum absolute atomic E-state index is 9.11. The number of para-hydroxylation sites is 2. The van der Waals surface area contributed by atoms with E-state index < -0.39 is 0 Å². The lowest BCUT2D eigenvalue weighted by Crippen LogP contribution is -2.31. The first-order valence-corrected chi connectivity index (χ1v) is 8.60. The maximum atomic E-state index is 9.11. The minimum atomic E-state index is 0.390. The summed E-state index contributed by atoms with van der Waals surface area (Å²) in [4.78, 5) is 1.85. The van der Waals surface area contributed by atoms with Crippen molar-refractivity contribution in [2.24, 2.45) is 0 Å². The van der Waals surface area contributed by atoms with Gasteiger partial charge in [0.15, 0.2) is 6.19 Å². The van der Waals surface area contributed by atoms with Crippen LogP contribution in [0.3, 0.4) is 0 Å². The number of likely N-dealkylation sites (tertiary alicyclic amines) is 1. The Labute approximate surface area is 141 Å². The molecule has 2 aromatic carbocycles. The molecule has 1 unspecified atom stereocenters. The van der Waals surface area contributed by atoms with Crippen molar-refractivity contribution < 1.29 is 0 Å². The van der Waals surface area contributed by atoms with Gasteiger partial charge in [-0.05, 0) is 24.1 Å². The third kappa shape index (κ3) is 2.71. The highest BCUT2D eigenvalue weighted by Gasteiger charge is 2.35. The molecule has 2 aromatic rings. The van der Waals surface area contributed by atoms with E-state index in [0.717, 1.165) is 26.1 Å². The summed E-state index contributed by atoms with van der Waals surface area (Å²) in [5.41, 5.74) is 3.83. The predicted octanol–water partition coefficient (Wildman–Crippen LogP) is 3.63. The number of nitriles is 1. The predicted molar refractivity (Wildman–Crippen MR) is 94.7 cm³/mol. The molecule has 0 amide bonds. The maximum Gasteiger partial charge on any atom is 0.179 e. The molecule has 2 aliphatic rings. The summed E-state index contributed by atoms with van der Waals surface area (Å²) < 4.78 is 4.73. The fourth-order valence-electron chi connectivity index (χ4n) is 3.21. The average molecular weight is 322 g/mol. The van der Waals surface area contributed by atoms with E-state index >= 15 is 0 Å². The Morgan fingerprint density at radius 1 is 1.04 bits per heavy atom. The molecule has 0 aromatic heterocycles. The van der Waals surface area contributed by atoms with Gasteiger partial charge in [0.05, 0.1) is 36.1 Å². The van der Waals surface area contributed by atoms with Gasteiger partial charge in [-0.2, -0.15) is 5.26 Å². The highest BCUT2D eigenvalue weighted by molar-refractivity contribution is 8.02. The lowest BCUT2D eigenvalue weighted by atomic mass is 10.2. The van der Waals surface area contributed by atoms with E-state index in [1.807, 2.05) is 4.90 Å². The minimum Gasteiger partial charge on any atom is -0.308 e. The van der Waals surface area contributed by atoms with Gasteiger partial charge in [0.1, 0.15) is 0 Å². The van der Waals surface area contributed by atoms with Crippen molar-refractivity contribution in [3.05, 3.63) is 60.2 Å². The van der Waals surface area contributed by atoms with Gasteiger partial charge >= 0.3 is 0 Å². The van der Waals surface area contributed by atoms with Crippen LogP contribution in [0.4, 0.5) is 11.4 Å². The highest BCUT2D eigenvalue weighted by atomic mass is 32.2. The van der Waals surface area contributed by atoms with Crippen molar-refractivity contribution >= 4 is 23.5 Å². The van der Waals surface area contributed by atoms with Crippen molar-refractivity contribution in [3.8, 4) is 6.19 Å². The average Bonchev–Trinajstić information content (AvgIpc) is 3.21. The van der Waals surface area contributed by atoms with Crippen molar-refractivity contribution in [2.45, 2.75) is 19.0 Å². The Morgan fingerprint density at radius 2 is 1.78 bits per heavy atom. The van der Waals surface area contributed by atoms with E-state index in [9.17, 15) is 0 Å². The summed E-state index contributed by atoms with van der Waals surface area (Å²) in [5.74, 6) is 0. The van der Waals surface area contributed by atoms with E-state index in [4.69, 9.17) is 5.26 Å². The van der Waals surface area contributed by atoms with E-state index in [1.165, 1.54) is 16.9 Å². The van der Waals surface area contributed by atoms with Crippen LogP contribution < -0.4 is 8.61 Å². The number of nitrogens with zero attached hydrogens (tertiary/aromatic N) is 4. The molecule has 1 fully saturated rings. The second-order valence-corrected chi connectivity index (χ2v) is 6.90. The largest absolute Gasteiger partial charge is 0.308 e. The first-order valence-electron chi connectivity index (χ1n) is 7.87. The Morgan fingerprint density at radius 3 is 2.52 bits per heavy atom. The molecule has 116 valence electrons. The molecule has 0 radical (unpaired) electrons. The monoisotopic (exact) mass is 322 g/mol. The van der Waals surface area contributed by atoms with Crippen LogP contribution >= 0.6 is 12.1 Å². The molecular formula is C18H18N4S. The van der Waals surface area contributed by atoms with Gasteiger partial charge in [0, 0.05) is 13.1 Å². The number of benzene rings is 2. The molecular weight excluding hydrogens is 304 g/mol. The van der Waals surface area contributed by atoms with Crippen molar-refractivity contribution in [1.82, 2.24) is 4.90 Å². The van der Waals surface area contributed by atoms with Gasteiger partial charge in [-0.3, -0.25) is 8.61 Å². The Balaban J connectivity index is 1.58. The summed E-state index contributed by atoms with van der Waals surface area (Å²) >= 11 is 1.77. The standard InChI is InChI=1S/C18H18N4S/c19-14-20-11-10-16(13-20)22-18-9-5-4-8-17(18)21(23-22)12-15-6-2-1-3-7-15/h1-9,16H,10-13H2. The van der Waals surface area contributed by atoms with Crippen LogP contribution in [0.15, 0.2) is 54.6 Å². The number of rotatable bonds is 3. The molecule has 1 saturated heterocycles. The van der Waals surface area contributed by atoms with E-state index in [-0.39, 0.29) is 0 Å². The summed E-state index contributed by atoms with van der Waals surface area (Å²) in [6, 6.07) is 19.5. The normalized spacial score (nSPS) is 19.8. The lowest BCUT2D eigenvalue weighted by molar-refractivity contribution is 0.480. The molecule has 0 N–H and O–H groups in total. The van der Waals surface area contributed by atoms with Crippen LogP contribution in [0.5, 0.6) is 0 Å². The van der Waals surface area contributed by atoms with Crippen molar-refractivity contribution in [2.75, 3.05) is 21.7 Å². The highest BCUT2D eigenvalue weighted by Crippen LogP contribution is 2.47. The number of fused-ring (bicyclic) bond motifs is 1. The van der Waals surface area contributed by atoms with Gasteiger partial charge in [-0.25, -0.2) is 0 Å². The minimum absolute atomic E-state index is 0.390. The van der Waals surface area contributed by atoms with Crippen LogP contribution in [0.2, 0.25) is 0 Å². The third-order valence-electron chi connectivity index (χ3n) is 4.38. The molecule has 23 heavy (non-hydrogen) atoms. The first-order chi connectivity index (χ1) is 11.3. The molecule has 0 bridgehead atoms. The van der Waals surface area contributed by atoms with Gasteiger partial charge < -0.3 is 4.90 Å². The zero-order chi connectivity index (χ0) is 15.6. The van der Waals surface area contributed by atoms with Gasteiger partial charge in [-0.1, -0.05) is 42.5 Å². The Bertz CT molecular complexity index is 727. The van der Waals surface area contributed by atoms with Crippen molar-refractivity contribution in [1.29, 1.82) is 5.26 Å². The van der Waals surface area contributed by atoms with Gasteiger partial charge in [0.2, 0.25) is 0 Å². The number of hydrogen-bond donors (Lipinski definition) is 0. The quantitative estimate of drug-likeness (QED) is 0.636. The van der Waals surface area contributed by atoms with Crippen LogP contribution in [-0.4, -0.2) is 24.0 Å². The van der Waals surface area contributed by atoms with Gasteiger partial charge in [0.25, 0.3) is 0 Å². The molecule has 4 nitrogen and oxygen atoms in total.